The fourth-order valence-electron chi connectivity index (χ4n) is 2.47. The lowest BCUT2D eigenvalue weighted by Gasteiger charge is -2.11. The minimum atomic E-state index is -0.319. The first kappa shape index (κ1) is 11.3. The van der Waals surface area contributed by atoms with Gasteiger partial charge in [-0.3, -0.25) is 0 Å². The second-order valence-corrected chi connectivity index (χ2v) is 4.65. The molecule has 92 valence electrons. The van der Waals surface area contributed by atoms with Crippen molar-refractivity contribution in [3.05, 3.63) is 65.2 Å². The van der Waals surface area contributed by atoms with Gasteiger partial charge < -0.3 is 9.84 Å². The summed E-state index contributed by atoms with van der Waals surface area (Å²) in [7, 11) is 0. The van der Waals surface area contributed by atoms with Crippen molar-refractivity contribution in [1.82, 2.24) is 0 Å². The summed E-state index contributed by atoms with van der Waals surface area (Å²) < 4.78 is 5.87. The van der Waals surface area contributed by atoms with Crippen LogP contribution >= 0.6 is 0 Å². The summed E-state index contributed by atoms with van der Waals surface area (Å²) in [4.78, 5) is 0. The summed E-state index contributed by atoms with van der Waals surface area (Å²) >= 11 is 0. The van der Waals surface area contributed by atoms with Crippen LogP contribution in [0, 0.1) is 0 Å². The maximum Gasteiger partial charge on any atom is 0.123 e. The number of aliphatic hydroxyl groups is 1. The summed E-state index contributed by atoms with van der Waals surface area (Å²) in [6.45, 7) is 0.577. The Labute approximate surface area is 107 Å². The number of ether oxygens (including phenoxy) is 1. The quantitative estimate of drug-likeness (QED) is 0.892. The van der Waals surface area contributed by atoms with E-state index < -0.39 is 0 Å². The van der Waals surface area contributed by atoms with Crippen molar-refractivity contribution < 1.29 is 9.84 Å². The summed E-state index contributed by atoms with van der Waals surface area (Å²) in [5.41, 5.74) is 3.36. The van der Waals surface area contributed by atoms with Crippen LogP contribution in [0.4, 0.5) is 0 Å². The standard InChI is InChI=1S/C16H16O2/c17-15-10-9-14-13(15)7-4-8-16(14)18-11-12-5-2-1-3-6-12/h1-8,15,17H,9-11H2/t15-/m1/s1. The Hall–Kier alpha value is -1.80. The highest BCUT2D eigenvalue weighted by Crippen LogP contribution is 2.36. The molecule has 0 aromatic heterocycles. The molecule has 0 radical (unpaired) electrons. The Morgan fingerprint density at radius 2 is 1.89 bits per heavy atom. The lowest BCUT2D eigenvalue weighted by molar-refractivity contribution is 0.180. The first-order valence-corrected chi connectivity index (χ1v) is 6.31. The SMILES string of the molecule is O[C@@H]1CCc2c(OCc3ccccc3)cccc21. The minimum Gasteiger partial charge on any atom is -0.489 e. The molecular formula is C16H16O2. The maximum absolute atomic E-state index is 9.84. The van der Waals surface area contributed by atoms with Crippen molar-refractivity contribution in [2.24, 2.45) is 0 Å². The Kier molecular flexibility index (Phi) is 3.03. The molecule has 0 bridgehead atoms. The molecule has 0 unspecified atom stereocenters. The molecule has 2 aromatic rings. The molecule has 0 fully saturated rings. The minimum absolute atomic E-state index is 0.319. The molecule has 0 heterocycles. The van der Waals surface area contributed by atoms with Crippen LogP contribution in [0.2, 0.25) is 0 Å². The second kappa shape index (κ2) is 4.83. The zero-order valence-corrected chi connectivity index (χ0v) is 10.2. The van der Waals surface area contributed by atoms with Gasteiger partial charge in [0, 0.05) is 5.56 Å². The monoisotopic (exact) mass is 240 g/mol. The van der Waals surface area contributed by atoms with Gasteiger partial charge in [-0.15, -0.1) is 0 Å². The predicted octanol–water partition coefficient (Wildman–Crippen LogP) is 3.25. The summed E-state index contributed by atoms with van der Waals surface area (Å²) in [5, 5.41) is 9.84. The van der Waals surface area contributed by atoms with Gasteiger partial charge in [-0.05, 0) is 30.0 Å². The summed E-state index contributed by atoms with van der Waals surface area (Å²) in [6, 6.07) is 16.1. The van der Waals surface area contributed by atoms with Gasteiger partial charge >= 0.3 is 0 Å². The average Bonchev–Trinajstić information content (AvgIpc) is 2.80. The third-order valence-electron chi connectivity index (χ3n) is 3.43. The zero-order valence-electron chi connectivity index (χ0n) is 10.2. The van der Waals surface area contributed by atoms with Crippen molar-refractivity contribution in [3.63, 3.8) is 0 Å². The maximum atomic E-state index is 9.84. The zero-order chi connectivity index (χ0) is 12.4. The van der Waals surface area contributed by atoms with Crippen LogP contribution in [-0.2, 0) is 13.0 Å². The number of fused-ring (bicyclic) bond motifs is 1. The van der Waals surface area contributed by atoms with E-state index in [9.17, 15) is 5.11 Å². The van der Waals surface area contributed by atoms with Crippen LogP contribution in [0.15, 0.2) is 48.5 Å². The third kappa shape index (κ3) is 2.12. The van der Waals surface area contributed by atoms with Gasteiger partial charge in [0.25, 0.3) is 0 Å². The fraction of sp³-hybridized carbons (Fsp3) is 0.250. The topological polar surface area (TPSA) is 29.5 Å². The van der Waals surface area contributed by atoms with Crippen LogP contribution in [0.5, 0.6) is 5.75 Å². The molecule has 0 amide bonds. The van der Waals surface area contributed by atoms with Crippen LogP contribution in [0.1, 0.15) is 29.2 Å². The van der Waals surface area contributed by atoms with E-state index in [4.69, 9.17) is 4.74 Å². The molecule has 0 saturated carbocycles. The molecule has 2 heteroatoms. The van der Waals surface area contributed by atoms with Crippen molar-refractivity contribution in [2.75, 3.05) is 0 Å². The van der Waals surface area contributed by atoms with Gasteiger partial charge in [0.15, 0.2) is 0 Å². The van der Waals surface area contributed by atoms with E-state index in [2.05, 4.69) is 12.1 Å². The Bertz CT molecular complexity index is 534. The van der Waals surface area contributed by atoms with E-state index in [0.717, 1.165) is 29.7 Å². The first-order chi connectivity index (χ1) is 8.84. The molecule has 1 aliphatic rings. The highest BCUT2D eigenvalue weighted by atomic mass is 16.5. The summed E-state index contributed by atoms with van der Waals surface area (Å²) in [5.74, 6) is 0.910. The van der Waals surface area contributed by atoms with Crippen molar-refractivity contribution >= 4 is 0 Å². The normalized spacial score (nSPS) is 17.5. The lowest BCUT2D eigenvalue weighted by Crippen LogP contribution is -1.98. The summed E-state index contributed by atoms with van der Waals surface area (Å²) in [6.07, 6.45) is 1.39. The van der Waals surface area contributed by atoms with Crippen LogP contribution in [0.3, 0.4) is 0 Å². The lowest BCUT2D eigenvalue weighted by atomic mass is 10.1. The Morgan fingerprint density at radius 1 is 1.06 bits per heavy atom. The van der Waals surface area contributed by atoms with E-state index in [0.29, 0.717) is 6.61 Å². The third-order valence-corrected chi connectivity index (χ3v) is 3.43. The molecule has 18 heavy (non-hydrogen) atoms. The molecular weight excluding hydrogens is 224 g/mol. The van der Waals surface area contributed by atoms with Gasteiger partial charge in [0.1, 0.15) is 12.4 Å². The van der Waals surface area contributed by atoms with E-state index >= 15 is 0 Å². The molecule has 1 N–H and O–H groups in total. The highest BCUT2D eigenvalue weighted by molar-refractivity contribution is 5.44. The predicted molar refractivity (Wildman–Crippen MR) is 70.5 cm³/mol. The van der Waals surface area contributed by atoms with E-state index in [1.807, 2.05) is 36.4 Å². The molecule has 3 rings (SSSR count). The smallest absolute Gasteiger partial charge is 0.123 e. The largest absolute Gasteiger partial charge is 0.489 e. The van der Waals surface area contributed by atoms with Gasteiger partial charge in [0.2, 0.25) is 0 Å². The molecule has 0 aliphatic heterocycles. The Morgan fingerprint density at radius 3 is 2.72 bits per heavy atom. The Balaban J connectivity index is 1.78. The highest BCUT2D eigenvalue weighted by Gasteiger charge is 2.22. The second-order valence-electron chi connectivity index (χ2n) is 4.65. The number of hydrogen-bond donors (Lipinski definition) is 1. The molecule has 0 saturated heterocycles. The van der Waals surface area contributed by atoms with Crippen molar-refractivity contribution in [3.8, 4) is 5.75 Å². The van der Waals surface area contributed by atoms with Gasteiger partial charge in [-0.25, -0.2) is 0 Å². The number of aliphatic hydroxyl groups excluding tert-OH is 1. The molecule has 2 nitrogen and oxygen atoms in total. The van der Waals surface area contributed by atoms with Crippen LogP contribution < -0.4 is 4.74 Å². The van der Waals surface area contributed by atoms with E-state index in [-0.39, 0.29) is 6.10 Å². The molecule has 1 aliphatic carbocycles. The van der Waals surface area contributed by atoms with Crippen LogP contribution in [0.25, 0.3) is 0 Å². The van der Waals surface area contributed by atoms with E-state index in [1.165, 1.54) is 5.56 Å². The average molecular weight is 240 g/mol. The van der Waals surface area contributed by atoms with Crippen LogP contribution in [-0.4, -0.2) is 5.11 Å². The van der Waals surface area contributed by atoms with Gasteiger partial charge in [-0.1, -0.05) is 42.5 Å². The number of rotatable bonds is 3. The van der Waals surface area contributed by atoms with Gasteiger partial charge in [0.05, 0.1) is 6.10 Å². The molecule has 0 spiro atoms. The molecule has 2 aromatic carbocycles. The first-order valence-electron chi connectivity index (χ1n) is 6.31. The van der Waals surface area contributed by atoms with Crippen molar-refractivity contribution in [2.45, 2.75) is 25.6 Å². The van der Waals surface area contributed by atoms with Gasteiger partial charge in [-0.2, -0.15) is 0 Å². The number of benzene rings is 2. The number of hydrogen-bond acceptors (Lipinski definition) is 2. The fourth-order valence-corrected chi connectivity index (χ4v) is 2.47. The van der Waals surface area contributed by atoms with E-state index in [1.54, 1.807) is 0 Å². The van der Waals surface area contributed by atoms with Crippen molar-refractivity contribution in [1.29, 1.82) is 0 Å². The molecule has 1 atom stereocenters.